The fourth-order valence-corrected chi connectivity index (χ4v) is 7.21. The van der Waals surface area contributed by atoms with Gasteiger partial charge in [-0.05, 0) is 63.2 Å². The van der Waals surface area contributed by atoms with Gasteiger partial charge in [0.15, 0.2) is 6.04 Å². The molecule has 0 rings (SSSR count). The lowest BCUT2D eigenvalue weighted by molar-refractivity contribution is -0.404. The molecule has 0 aliphatic carbocycles. The average Bonchev–Trinajstić information content (AvgIpc) is 3.31. The first-order valence-corrected chi connectivity index (χ1v) is 25.5. The number of hydrogen-bond donors (Lipinski definition) is 16. The SMILES string of the molecule is CC(C)C[C@H](NC(=O)CNC(=O)[C@@H]([NH3+])CCC(N)=O)C(=O)N[C@@H](CC(C)C)C(=O)N[C@@H](CC(=O)O)C(=O)N[C@@H](C)C(=O)N[C@@H](CC(C)C)C(=O)N[C@@H](CC(=O)O)C(=O)N[C@@H](CC(C)C)C(=O)N[C@@H](C)C(=O)N[C@@H](CO)C(=O)O. The van der Waals surface area contributed by atoms with E-state index in [2.05, 4.69) is 53.6 Å². The zero-order valence-corrected chi connectivity index (χ0v) is 45.9. The van der Waals surface area contributed by atoms with Gasteiger partial charge < -0.3 is 85.1 Å². The van der Waals surface area contributed by atoms with Crippen molar-refractivity contribution in [3.05, 3.63) is 0 Å². The van der Waals surface area contributed by atoms with Crippen LogP contribution in [-0.2, 0) is 67.1 Å². The van der Waals surface area contributed by atoms with Crippen molar-refractivity contribution in [1.29, 1.82) is 0 Å². The van der Waals surface area contributed by atoms with Gasteiger partial charge in [0, 0.05) is 12.8 Å². The summed E-state index contributed by atoms with van der Waals surface area (Å²) in [5.74, 6) is -16.0. The number of carbonyl (C=O) groups excluding carboxylic acids is 11. The highest BCUT2D eigenvalue weighted by molar-refractivity contribution is 5.99. The fraction of sp³-hybridized carbons (Fsp3) is 0.708. The van der Waals surface area contributed by atoms with E-state index in [9.17, 15) is 82.4 Å². The molecule has 0 aliphatic heterocycles. The van der Waals surface area contributed by atoms with E-state index < -0.39 is 169 Å². The molecule has 0 bridgehead atoms. The highest BCUT2D eigenvalue weighted by Gasteiger charge is 2.36. The summed E-state index contributed by atoms with van der Waals surface area (Å²) in [6.07, 6.45) is -2.28. The molecule has 10 atom stereocenters. The Kier molecular flexibility index (Phi) is 31.7. The van der Waals surface area contributed by atoms with Crippen LogP contribution in [0.1, 0.15) is 121 Å². The summed E-state index contributed by atoms with van der Waals surface area (Å²) in [5, 5.41) is 61.3. The Morgan fingerprint density at radius 3 is 1.03 bits per heavy atom. The normalized spacial score (nSPS) is 15.0. The standard InChI is InChI=1S/C48H82N12O18/c1-21(2)13-28(54-36(63)19-51-41(70)27(49)11-12-35(50)62)44(73)57-31(16-24(7)8)46(75)58-32(17-37(64)65)43(72)53-25(9)39(68)55-30(15-23(5)6)45(74)59-33(18-38(66)67)47(76)56-29(14-22(3)4)42(71)52-26(10)40(69)60-34(20-61)48(77)78/h21-34,61H,11-20,49H2,1-10H3,(H2,50,62)(H,51,70)(H,52,71)(H,53,72)(H,54,63)(H,55,68)(H,56,76)(H,57,73)(H,58,75)(H,59,74)(H,60,69)(H,64,65)(H,66,67)(H,77,78)/p+1/t25-,26-,27-,28-,29-,30-,31-,32-,33-,34-/m0/s1. The second-order valence-electron chi connectivity index (χ2n) is 20.6. The summed E-state index contributed by atoms with van der Waals surface area (Å²) in [4.78, 5) is 180. The van der Waals surface area contributed by atoms with Crippen LogP contribution in [0.5, 0.6) is 0 Å². The largest absolute Gasteiger partial charge is 0.481 e. The van der Waals surface area contributed by atoms with E-state index in [-0.39, 0.29) is 62.2 Å². The lowest BCUT2D eigenvalue weighted by Gasteiger charge is -2.28. The van der Waals surface area contributed by atoms with E-state index in [1.807, 2.05) is 5.32 Å². The zero-order valence-electron chi connectivity index (χ0n) is 45.9. The van der Waals surface area contributed by atoms with Crippen molar-refractivity contribution < 1.29 is 93.3 Å². The monoisotopic (exact) mass is 1120 g/mol. The first-order valence-electron chi connectivity index (χ1n) is 25.5. The molecule has 0 unspecified atom stereocenters. The second-order valence-corrected chi connectivity index (χ2v) is 20.6. The van der Waals surface area contributed by atoms with Gasteiger partial charge in [-0.2, -0.15) is 0 Å². The van der Waals surface area contributed by atoms with Gasteiger partial charge in [0.05, 0.1) is 26.0 Å². The van der Waals surface area contributed by atoms with Crippen molar-refractivity contribution in [3.63, 3.8) is 0 Å². The number of amides is 11. The predicted molar refractivity (Wildman–Crippen MR) is 274 cm³/mol. The Morgan fingerprint density at radius 1 is 0.410 bits per heavy atom. The topological polar surface area (TPSA) is 494 Å². The minimum Gasteiger partial charge on any atom is -0.481 e. The third kappa shape index (κ3) is 28.6. The van der Waals surface area contributed by atoms with E-state index in [0.29, 0.717) is 0 Å². The number of carbonyl (C=O) groups is 14. The fourth-order valence-electron chi connectivity index (χ4n) is 7.21. The number of nitrogens with one attached hydrogen (secondary N) is 10. The van der Waals surface area contributed by atoms with E-state index >= 15 is 0 Å². The van der Waals surface area contributed by atoms with Crippen LogP contribution in [0, 0.1) is 23.7 Å². The molecule has 0 spiro atoms. The number of carboxylic acids is 3. The molecule has 0 heterocycles. The van der Waals surface area contributed by atoms with Crippen LogP contribution in [0.2, 0.25) is 0 Å². The minimum absolute atomic E-state index is 0.0315. The van der Waals surface area contributed by atoms with Gasteiger partial charge in [0.2, 0.25) is 59.1 Å². The van der Waals surface area contributed by atoms with Crippen LogP contribution in [0.4, 0.5) is 0 Å². The maximum atomic E-state index is 13.8. The molecule has 442 valence electrons. The molecule has 0 fully saturated rings. The van der Waals surface area contributed by atoms with Crippen molar-refractivity contribution in [2.24, 2.45) is 29.4 Å². The second kappa shape index (κ2) is 35.0. The maximum absolute atomic E-state index is 13.8. The number of aliphatic hydroxyl groups is 1. The molecule has 0 aromatic rings. The van der Waals surface area contributed by atoms with Crippen LogP contribution < -0.4 is 64.6 Å². The third-order valence-electron chi connectivity index (χ3n) is 11.2. The lowest BCUT2D eigenvalue weighted by atomic mass is 9.99. The molecule has 30 heteroatoms. The molecule has 19 N–H and O–H groups in total. The van der Waals surface area contributed by atoms with Gasteiger partial charge in [0.25, 0.3) is 5.91 Å². The Bertz CT molecular complexity index is 2140. The van der Waals surface area contributed by atoms with Crippen molar-refractivity contribution in [2.45, 2.75) is 181 Å². The molecule has 0 radical (unpaired) electrons. The first kappa shape index (κ1) is 70.5. The number of quaternary nitrogens is 1. The van der Waals surface area contributed by atoms with Crippen LogP contribution in [0.3, 0.4) is 0 Å². The number of carboxylic acid groups (broad SMARTS) is 3. The summed E-state index contributed by atoms with van der Waals surface area (Å²) in [5.41, 5.74) is 8.75. The summed E-state index contributed by atoms with van der Waals surface area (Å²) in [6, 6.07) is -14.8. The Morgan fingerprint density at radius 2 is 0.705 bits per heavy atom. The van der Waals surface area contributed by atoms with Crippen molar-refractivity contribution >= 4 is 82.9 Å². The molecule has 30 nitrogen and oxygen atoms in total. The molecule has 0 aliphatic rings. The van der Waals surface area contributed by atoms with E-state index in [1.54, 1.807) is 55.4 Å². The highest BCUT2D eigenvalue weighted by atomic mass is 16.4. The van der Waals surface area contributed by atoms with E-state index in [1.165, 1.54) is 6.92 Å². The molecule has 0 aromatic carbocycles. The van der Waals surface area contributed by atoms with Crippen LogP contribution in [-0.4, -0.2) is 177 Å². The molecule has 78 heavy (non-hydrogen) atoms. The number of rotatable bonds is 37. The van der Waals surface area contributed by atoms with Crippen LogP contribution >= 0.6 is 0 Å². The van der Waals surface area contributed by atoms with Crippen molar-refractivity contribution in [1.82, 2.24) is 53.2 Å². The Balaban J connectivity index is 6.32. The number of aliphatic carboxylic acids is 3. The molecule has 0 saturated carbocycles. The van der Waals surface area contributed by atoms with Gasteiger partial charge >= 0.3 is 17.9 Å². The number of hydrogen-bond acceptors (Lipinski definition) is 15. The van der Waals surface area contributed by atoms with Gasteiger partial charge in [-0.1, -0.05) is 55.4 Å². The Hall–Kier alpha value is -7.50. The zero-order chi connectivity index (χ0) is 60.3. The maximum Gasteiger partial charge on any atom is 0.328 e. The molecule has 0 aromatic heterocycles. The summed E-state index contributed by atoms with van der Waals surface area (Å²) in [6.45, 7) is 14.4. The lowest BCUT2D eigenvalue weighted by Crippen LogP contribution is -2.68. The third-order valence-corrected chi connectivity index (χ3v) is 11.2. The summed E-state index contributed by atoms with van der Waals surface area (Å²) in [7, 11) is 0. The summed E-state index contributed by atoms with van der Waals surface area (Å²) >= 11 is 0. The number of primary amides is 1. The minimum atomic E-state index is -1.86. The smallest absolute Gasteiger partial charge is 0.328 e. The van der Waals surface area contributed by atoms with Crippen molar-refractivity contribution in [2.75, 3.05) is 13.2 Å². The average molecular weight is 1120 g/mol. The molecular formula is C48H83N12O18+. The molecular weight excluding hydrogens is 1030 g/mol. The van der Waals surface area contributed by atoms with Crippen molar-refractivity contribution in [3.8, 4) is 0 Å². The quantitative estimate of drug-likeness (QED) is 0.0276. The predicted octanol–water partition coefficient (Wildman–Crippen LogP) is -5.41. The van der Waals surface area contributed by atoms with Crippen LogP contribution in [0.15, 0.2) is 0 Å². The summed E-state index contributed by atoms with van der Waals surface area (Å²) < 4.78 is 0. The van der Waals surface area contributed by atoms with Gasteiger partial charge in [-0.3, -0.25) is 62.3 Å². The van der Waals surface area contributed by atoms with Crippen LogP contribution in [0.25, 0.3) is 0 Å². The van der Waals surface area contributed by atoms with Gasteiger partial charge in [-0.15, -0.1) is 0 Å². The molecule has 0 saturated heterocycles. The van der Waals surface area contributed by atoms with E-state index in [4.69, 9.17) is 10.8 Å². The Labute approximate surface area is 452 Å². The highest BCUT2D eigenvalue weighted by Crippen LogP contribution is 2.12. The van der Waals surface area contributed by atoms with Gasteiger partial charge in [-0.25, -0.2) is 4.79 Å². The number of nitrogens with two attached hydrogens (primary N) is 1. The van der Waals surface area contributed by atoms with Gasteiger partial charge in [0.1, 0.15) is 54.4 Å². The molecule has 11 amide bonds. The number of aliphatic hydroxyl groups excluding tert-OH is 1. The first-order chi connectivity index (χ1) is 36.1. The van der Waals surface area contributed by atoms with E-state index in [0.717, 1.165) is 6.92 Å².